The molecule has 1 aromatic rings. The third-order valence-electron chi connectivity index (χ3n) is 2.21. The van der Waals surface area contributed by atoms with E-state index in [0.29, 0.717) is 6.54 Å². The Bertz CT molecular complexity index is 329. The van der Waals surface area contributed by atoms with E-state index in [1.165, 1.54) is 0 Å². The van der Waals surface area contributed by atoms with Crippen molar-refractivity contribution in [3.8, 4) is 11.5 Å². The van der Waals surface area contributed by atoms with Gasteiger partial charge < -0.3 is 15.2 Å². The average Bonchev–Trinajstić information content (AvgIpc) is 2.26. The van der Waals surface area contributed by atoms with E-state index in [1.807, 2.05) is 12.1 Å². The zero-order chi connectivity index (χ0) is 11.3. The quantitative estimate of drug-likeness (QED) is 0.896. The van der Waals surface area contributed by atoms with Crippen molar-refractivity contribution in [2.24, 2.45) is 5.73 Å². The Morgan fingerprint density at radius 2 is 1.87 bits per heavy atom. The van der Waals surface area contributed by atoms with Gasteiger partial charge in [-0.3, -0.25) is 0 Å². The van der Waals surface area contributed by atoms with E-state index in [9.17, 15) is 0 Å². The molecule has 0 aliphatic carbocycles. The third-order valence-corrected chi connectivity index (χ3v) is 2.82. The summed E-state index contributed by atoms with van der Waals surface area (Å²) in [5.41, 5.74) is 6.63. The Balaban J connectivity index is 2.98. The molecule has 0 atom stereocenters. The Hall–Kier alpha value is -0.740. The number of halogens is 1. The Morgan fingerprint density at radius 1 is 1.20 bits per heavy atom. The summed E-state index contributed by atoms with van der Waals surface area (Å²) in [5.74, 6) is 1.63. The van der Waals surface area contributed by atoms with Crippen LogP contribution in [0.4, 0.5) is 0 Å². The Labute approximate surface area is 98.7 Å². The second-order valence-corrected chi connectivity index (χ2v) is 4.05. The van der Waals surface area contributed by atoms with Crippen LogP contribution in [0.25, 0.3) is 0 Å². The van der Waals surface area contributed by atoms with Gasteiger partial charge in [0.1, 0.15) is 11.5 Å². The number of methoxy groups -OCH3 is 2. The van der Waals surface area contributed by atoms with Crippen LogP contribution in [0.3, 0.4) is 0 Å². The third kappa shape index (κ3) is 3.11. The lowest BCUT2D eigenvalue weighted by Gasteiger charge is -2.11. The summed E-state index contributed by atoms with van der Waals surface area (Å²) in [7, 11) is 3.30. The first-order chi connectivity index (χ1) is 7.22. The highest BCUT2D eigenvalue weighted by molar-refractivity contribution is 9.10. The predicted molar refractivity (Wildman–Crippen MR) is 64.6 cm³/mol. The van der Waals surface area contributed by atoms with Crippen LogP contribution in [0, 0.1) is 0 Å². The van der Waals surface area contributed by atoms with Crippen LogP contribution in [0.15, 0.2) is 16.6 Å². The minimum Gasteiger partial charge on any atom is -0.496 e. The van der Waals surface area contributed by atoms with E-state index < -0.39 is 0 Å². The molecule has 0 heterocycles. The molecule has 0 unspecified atom stereocenters. The summed E-state index contributed by atoms with van der Waals surface area (Å²) in [6.07, 6.45) is 1.87. The van der Waals surface area contributed by atoms with Crippen molar-refractivity contribution >= 4 is 15.9 Å². The molecule has 15 heavy (non-hydrogen) atoms. The predicted octanol–water partition coefficient (Wildman–Crippen LogP) is 2.36. The second kappa shape index (κ2) is 5.98. The fourth-order valence-corrected chi connectivity index (χ4v) is 1.96. The Morgan fingerprint density at radius 3 is 2.40 bits per heavy atom. The maximum atomic E-state index is 5.48. The van der Waals surface area contributed by atoms with Gasteiger partial charge in [0, 0.05) is 6.07 Å². The summed E-state index contributed by atoms with van der Waals surface area (Å²) >= 11 is 3.45. The maximum absolute atomic E-state index is 5.48. The molecular weight excluding hydrogens is 258 g/mol. The molecule has 0 aliphatic rings. The molecule has 4 heteroatoms. The van der Waals surface area contributed by atoms with E-state index in [2.05, 4.69) is 15.9 Å². The molecule has 0 aliphatic heterocycles. The van der Waals surface area contributed by atoms with Crippen molar-refractivity contribution in [2.45, 2.75) is 12.8 Å². The second-order valence-electron chi connectivity index (χ2n) is 3.19. The van der Waals surface area contributed by atoms with Crippen LogP contribution in [0.1, 0.15) is 12.0 Å². The van der Waals surface area contributed by atoms with Crippen LogP contribution < -0.4 is 15.2 Å². The maximum Gasteiger partial charge on any atom is 0.136 e. The number of ether oxygens (including phenoxy) is 2. The summed E-state index contributed by atoms with van der Waals surface area (Å²) in [6.45, 7) is 0.687. The topological polar surface area (TPSA) is 44.5 Å². The van der Waals surface area contributed by atoms with Crippen molar-refractivity contribution in [1.29, 1.82) is 0 Å². The number of hydrogen-bond donors (Lipinski definition) is 1. The zero-order valence-corrected chi connectivity index (χ0v) is 10.6. The lowest BCUT2D eigenvalue weighted by atomic mass is 10.1. The smallest absolute Gasteiger partial charge is 0.136 e. The van der Waals surface area contributed by atoms with Crippen LogP contribution >= 0.6 is 15.9 Å². The molecule has 0 saturated heterocycles. The molecule has 0 bridgehead atoms. The van der Waals surface area contributed by atoms with Gasteiger partial charge in [-0.15, -0.1) is 0 Å². The lowest BCUT2D eigenvalue weighted by molar-refractivity contribution is 0.389. The number of nitrogens with two attached hydrogens (primary N) is 1. The molecule has 0 aromatic heterocycles. The highest BCUT2D eigenvalue weighted by atomic mass is 79.9. The molecule has 1 aromatic carbocycles. The lowest BCUT2D eigenvalue weighted by Crippen LogP contribution is -2.02. The Kier molecular flexibility index (Phi) is 4.91. The van der Waals surface area contributed by atoms with Crippen LogP contribution in [0.2, 0.25) is 0 Å². The van der Waals surface area contributed by atoms with Gasteiger partial charge in [0.05, 0.1) is 18.7 Å². The van der Waals surface area contributed by atoms with Gasteiger partial charge in [0.15, 0.2) is 0 Å². The number of rotatable bonds is 5. The first kappa shape index (κ1) is 12.3. The highest BCUT2D eigenvalue weighted by Gasteiger charge is 2.08. The van der Waals surface area contributed by atoms with Gasteiger partial charge in [-0.25, -0.2) is 0 Å². The minimum atomic E-state index is 0.687. The standard InChI is InChI=1S/C11H16BrNO2/c1-14-10-7-11(15-2)9(12)6-8(10)4-3-5-13/h6-7H,3-5,13H2,1-2H3. The fraction of sp³-hybridized carbons (Fsp3) is 0.455. The van der Waals surface area contributed by atoms with Crippen molar-refractivity contribution in [2.75, 3.05) is 20.8 Å². The molecule has 0 fully saturated rings. The molecular formula is C11H16BrNO2. The van der Waals surface area contributed by atoms with Gasteiger partial charge in [-0.1, -0.05) is 0 Å². The summed E-state index contributed by atoms with van der Waals surface area (Å²) in [6, 6.07) is 3.91. The zero-order valence-electron chi connectivity index (χ0n) is 9.05. The van der Waals surface area contributed by atoms with Gasteiger partial charge in [-0.05, 0) is 46.9 Å². The van der Waals surface area contributed by atoms with E-state index in [0.717, 1.165) is 34.4 Å². The summed E-state index contributed by atoms with van der Waals surface area (Å²) < 4.78 is 11.4. The number of aryl methyl sites for hydroxylation is 1. The van der Waals surface area contributed by atoms with Crippen molar-refractivity contribution in [3.63, 3.8) is 0 Å². The number of hydrogen-bond acceptors (Lipinski definition) is 3. The first-order valence-electron chi connectivity index (χ1n) is 4.83. The van der Waals surface area contributed by atoms with E-state index in [4.69, 9.17) is 15.2 Å². The van der Waals surface area contributed by atoms with E-state index in [-0.39, 0.29) is 0 Å². The van der Waals surface area contributed by atoms with Crippen molar-refractivity contribution < 1.29 is 9.47 Å². The molecule has 0 spiro atoms. The van der Waals surface area contributed by atoms with E-state index >= 15 is 0 Å². The van der Waals surface area contributed by atoms with Crippen LogP contribution in [0.5, 0.6) is 11.5 Å². The molecule has 84 valence electrons. The summed E-state index contributed by atoms with van der Waals surface area (Å²) in [4.78, 5) is 0. The number of benzene rings is 1. The SMILES string of the molecule is COc1cc(OC)c(CCCN)cc1Br. The molecule has 3 nitrogen and oxygen atoms in total. The van der Waals surface area contributed by atoms with Crippen molar-refractivity contribution in [3.05, 3.63) is 22.2 Å². The largest absolute Gasteiger partial charge is 0.496 e. The molecule has 0 saturated carbocycles. The van der Waals surface area contributed by atoms with Crippen LogP contribution in [-0.2, 0) is 6.42 Å². The monoisotopic (exact) mass is 273 g/mol. The van der Waals surface area contributed by atoms with Gasteiger partial charge in [0.25, 0.3) is 0 Å². The molecule has 0 radical (unpaired) electrons. The average molecular weight is 274 g/mol. The van der Waals surface area contributed by atoms with Crippen LogP contribution in [-0.4, -0.2) is 20.8 Å². The van der Waals surface area contributed by atoms with E-state index in [1.54, 1.807) is 14.2 Å². The first-order valence-corrected chi connectivity index (χ1v) is 5.62. The van der Waals surface area contributed by atoms with Gasteiger partial charge >= 0.3 is 0 Å². The van der Waals surface area contributed by atoms with Crippen molar-refractivity contribution in [1.82, 2.24) is 0 Å². The normalized spacial score (nSPS) is 10.1. The summed E-state index contributed by atoms with van der Waals surface area (Å²) in [5, 5.41) is 0. The highest BCUT2D eigenvalue weighted by Crippen LogP contribution is 2.33. The van der Waals surface area contributed by atoms with Gasteiger partial charge in [-0.2, -0.15) is 0 Å². The molecule has 2 N–H and O–H groups in total. The molecule has 1 rings (SSSR count). The fourth-order valence-electron chi connectivity index (χ4n) is 1.41. The van der Waals surface area contributed by atoms with Gasteiger partial charge in [0.2, 0.25) is 0 Å². The minimum absolute atomic E-state index is 0.687. The molecule has 0 amide bonds.